The predicted octanol–water partition coefficient (Wildman–Crippen LogP) is 3.20. The Bertz CT molecular complexity index is 732. The zero-order valence-electron chi connectivity index (χ0n) is 13.5. The number of benzene rings is 1. The number of nitrogens with zero attached hydrogens (tertiary/aromatic N) is 2. The molecule has 1 aromatic carbocycles. The second kappa shape index (κ2) is 7.93. The lowest BCUT2D eigenvalue weighted by Crippen LogP contribution is -2.16. The first-order valence-corrected chi connectivity index (χ1v) is 7.57. The molecule has 0 radical (unpaired) electrons. The maximum Gasteiger partial charge on any atom is 0.421 e. The average Bonchev–Trinajstić information content (AvgIpc) is 2.55. The number of carbonyl (C=O) groups excluding carboxylic acids is 1. The van der Waals surface area contributed by atoms with Crippen LogP contribution < -0.4 is 16.4 Å². The Kier molecular flexibility index (Phi) is 5.92. The quantitative estimate of drug-likeness (QED) is 0.523. The van der Waals surface area contributed by atoms with Crippen LogP contribution in [0, 0.1) is 0 Å². The summed E-state index contributed by atoms with van der Waals surface area (Å²) in [5.74, 6) is -0.374. The molecule has 0 bridgehead atoms. The molecule has 0 saturated carbocycles. The van der Waals surface area contributed by atoms with E-state index in [4.69, 9.17) is 5.73 Å². The molecule has 1 aromatic heterocycles. The van der Waals surface area contributed by atoms with Gasteiger partial charge >= 0.3 is 6.18 Å². The Morgan fingerprint density at radius 2 is 1.92 bits per heavy atom. The number of nitrogens with two attached hydrogens (primary N) is 1. The second-order valence-electron chi connectivity index (χ2n) is 5.28. The molecule has 0 fully saturated rings. The molecule has 134 valence electrons. The molecule has 4 N–H and O–H groups in total. The molecule has 0 aliphatic carbocycles. The van der Waals surface area contributed by atoms with Crippen molar-refractivity contribution in [2.24, 2.45) is 5.73 Å². The molecule has 0 spiro atoms. The molecule has 1 heterocycles. The predicted molar refractivity (Wildman–Crippen MR) is 88.9 cm³/mol. The van der Waals surface area contributed by atoms with Gasteiger partial charge in [0.1, 0.15) is 11.4 Å². The van der Waals surface area contributed by atoms with Gasteiger partial charge in [-0.2, -0.15) is 18.2 Å². The van der Waals surface area contributed by atoms with Gasteiger partial charge in [-0.3, -0.25) is 4.79 Å². The van der Waals surface area contributed by atoms with Gasteiger partial charge in [-0.25, -0.2) is 4.98 Å². The van der Waals surface area contributed by atoms with E-state index in [0.717, 1.165) is 6.20 Å². The van der Waals surface area contributed by atoms with Crippen molar-refractivity contribution in [2.45, 2.75) is 19.5 Å². The smallest absolute Gasteiger partial charge is 0.369 e. The van der Waals surface area contributed by atoms with E-state index in [1.54, 1.807) is 24.3 Å². The molecule has 0 aliphatic rings. The number of Topliss-reactive ketones (excluding diaryl/α,β-unsaturated/α-hetero) is 1. The number of alkyl halides is 3. The van der Waals surface area contributed by atoms with E-state index < -0.39 is 11.7 Å². The Balaban J connectivity index is 2.22. The minimum absolute atomic E-state index is 0.0128. The van der Waals surface area contributed by atoms with Gasteiger partial charge in [-0.15, -0.1) is 0 Å². The Labute approximate surface area is 142 Å². The van der Waals surface area contributed by atoms with Crippen LogP contribution >= 0.6 is 0 Å². The van der Waals surface area contributed by atoms with Crippen LogP contribution in [0.2, 0.25) is 0 Å². The summed E-state index contributed by atoms with van der Waals surface area (Å²) in [6.45, 7) is 2.07. The van der Waals surface area contributed by atoms with Crippen molar-refractivity contribution >= 4 is 23.2 Å². The van der Waals surface area contributed by atoms with Crippen LogP contribution in [0.1, 0.15) is 29.3 Å². The van der Waals surface area contributed by atoms with Crippen molar-refractivity contribution in [3.63, 3.8) is 0 Å². The van der Waals surface area contributed by atoms with Crippen LogP contribution in [0.4, 0.5) is 30.6 Å². The maximum atomic E-state index is 13.0. The van der Waals surface area contributed by atoms with E-state index in [0.29, 0.717) is 24.2 Å². The number of hydrogen-bond acceptors (Lipinski definition) is 6. The fourth-order valence-electron chi connectivity index (χ4n) is 2.01. The summed E-state index contributed by atoms with van der Waals surface area (Å²) in [5, 5.41) is 5.45. The summed E-state index contributed by atoms with van der Waals surface area (Å²) >= 11 is 0. The molecule has 25 heavy (non-hydrogen) atoms. The highest BCUT2D eigenvalue weighted by atomic mass is 19.4. The van der Waals surface area contributed by atoms with Gasteiger partial charge in [0, 0.05) is 24.0 Å². The molecule has 9 heteroatoms. The molecule has 0 atom stereocenters. The molecule has 6 nitrogen and oxygen atoms in total. The Morgan fingerprint density at radius 3 is 2.48 bits per heavy atom. The number of rotatable bonds is 7. The highest BCUT2D eigenvalue weighted by Gasteiger charge is 2.35. The number of aromatic nitrogens is 2. The average molecular weight is 353 g/mol. The van der Waals surface area contributed by atoms with E-state index in [1.807, 2.05) is 0 Å². The van der Waals surface area contributed by atoms with Crippen molar-refractivity contribution in [3.8, 4) is 0 Å². The lowest BCUT2D eigenvalue weighted by molar-refractivity contribution is -0.137. The number of carbonyl (C=O) groups is 1. The van der Waals surface area contributed by atoms with Gasteiger partial charge in [-0.1, -0.05) is 0 Å². The lowest BCUT2D eigenvalue weighted by atomic mass is 10.1. The van der Waals surface area contributed by atoms with E-state index >= 15 is 0 Å². The highest BCUT2D eigenvalue weighted by molar-refractivity contribution is 5.94. The summed E-state index contributed by atoms with van der Waals surface area (Å²) in [6, 6.07) is 6.46. The SMILES string of the molecule is CC(=O)c1ccc(Nc2ncc(C(F)(F)F)c(NCCCN)n2)cc1. The zero-order valence-corrected chi connectivity index (χ0v) is 13.5. The summed E-state index contributed by atoms with van der Waals surface area (Å²) in [4.78, 5) is 18.9. The molecule has 2 rings (SSSR count). The van der Waals surface area contributed by atoms with Crippen molar-refractivity contribution < 1.29 is 18.0 Å². The third-order valence-corrected chi connectivity index (χ3v) is 3.32. The zero-order chi connectivity index (χ0) is 18.4. The summed E-state index contributed by atoms with van der Waals surface area (Å²) in [6.07, 6.45) is -3.33. The number of anilines is 3. The second-order valence-corrected chi connectivity index (χ2v) is 5.28. The van der Waals surface area contributed by atoms with Crippen LogP contribution in [0.5, 0.6) is 0 Å². The Hall–Kier alpha value is -2.68. The fraction of sp³-hybridized carbons (Fsp3) is 0.312. The van der Waals surface area contributed by atoms with Crippen LogP contribution in [-0.4, -0.2) is 28.8 Å². The first kappa shape index (κ1) is 18.7. The maximum absolute atomic E-state index is 13.0. The van der Waals surface area contributed by atoms with Gasteiger partial charge in [0.25, 0.3) is 0 Å². The van der Waals surface area contributed by atoms with Gasteiger partial charge in [0.05, 0.1) is 0 Å². The topological polar surface area (TPSA) is 92.9 Å². The van der Waals surface area contributed by atoms with Crippen molar-refractivity contribution in [3.05, 3.63) is 41.6 Å². The summed E-state index contributed by atoms with van der Waals surface area (Å²) in [7, 11) is 0. The molecule has 0 saturated heterocycles. The van der Waals surface area contributed by atoms with Crippen molar-refractivity contribution in [2.75, 3.05) is 23.7 Å². The number of nitrogens with one attached hydrogen (secondary N) is 2. The van der Waals surface area contributed by atoms with Gasteiger partial charge in [-0.05, 0) is 44.2 Å². The fourth-order valence-corrected chi connectivity index (χ4v) is 2.01. The standard InChI is InChI=1S/C16H18F3N5O/c1-10(25)11-3-5-12(6-4-11)23-15-22-9-13(16(17,18)19)14(24-15)21-8-2-7-20/h3-6,9H,2,7-8,20H2,1H3,(H2,21,22,23,24). The highest BCUT2D eigenvalue weighted by Crippen LogP contribution is 2.34. The third-order valence-electron chi connectivity index (χ3n) is 3.32. The summed E-state index contributed by atoms with van der Waals surface area (Å²) in [5.41, 5.74) is 5.49. The van der Waals surface area contributed by atoms with Crippen LogP contribution in [-0.2, 0) is 6.18 Å². The number of halogens is 3. The molecule has 0 unspecified atom stereocenters. The van der Waals surface area contributed by atoms with E-state index in [1.165, 1.54) is 6.92 Å². The molecule has 0 aliphatic heterocycles. The Morgan fingerprint density at radius 1 is 1.24 bits per heavy atom. The first-order valence-electron chi connectivity index (χ1n) is 7.57. The van der Waals surface area contributed by atoms with Crippen molar-refractivity contribution in [1.29, 1.82) is 0 Å². The van der Waals surface area contributed by atoms with Crippen LogP contribution in [0.3, 0.4) is 0 Å². The van der Waals surface area contributed by atoms with Gasteiger partial charge in [0.2, 0.25) is 5.95 Å². The molecule has 2 aromatic rings. The normalized spacial score (nSPS) is 11.2. The molecular weight excluding hydrogens is 335 g/mol. The monoisotopic (exact) mass is 353 g/mol. The van der Waals surface area contributed by atoms with Gasteiger partial charge < -0.3 is 16.4 Å². The largest absolute Gasteiger partial charge is 0.421 e. The van der Waals surface area contributed by atoms with Crippen molar-refractivity contribution in [1.82, 2.24) is 9.97 Å². The van der Waals surface area contributed by atoms with Crippen LogP contribution in [0.15, 0.2) is 30.5 Å². The minimum atomic E-state index is -4.56. The summed E-state index contributed by atoms with van der Waals surface area (Å²) < 4.78 is 39.1. The first-order chi connectivity index (χ1) is 11.8. The van der Waals surface area contributed by atoms with E-state index in [-0.39, 0.29) is 24.1 Å². The minimum Gasteiger partial charge on any atom is -0.369 e. The lowest BCUT2D eigenvalue weighted by Gasteiger charge is -2.14. The number of ketones is 1. The number of hydrogen-bond donors (Lipinski definition) is 3. The third kappa shape index (κ3) is 5.15. The van der Waals surface area contributed by atoms with E-state index in [9.17, 15) is 18.0 Å². The molecule has 0 amide bonds. The van der Waals surface area contributed by atoms with Crippen LogP contribution in [0.25, 0.3) is 0 Å². The molecular formula is C16H18F3N5O. The van der Waals surface area contributed by atoms with Gasteiger partial charge in [0.15, 0.2) is 5.78 Å². The van der Waals surface area contributed by atoms with E-state index in [2.05, 4.69) is 20.6 Å².